The van der Waals surface area contributed by atoms with Crippen LogP contribution in [-0.2, 0) is 24.2 Å². The van der Waals surface area contributed by atoms with Crippen molar-refractivity contribution in [3.8, 4) is 0 Å². The van der Waals surface area contributed by atoms with Gasteiger partial charge in [0.05, 0.1) is 5.39 Å². The largest absolute Gasteiger partial charge is 0.339 e. The van der Waals surface area contributed by atoms with E-state index in [4.69, 9.17) is 4.98 Å². The molecule has 0 saturated carbocycles. The summed E-state index contributed by atoms with van der Waals surface area (Å²) in [5.41, 5.74) is 1.29. The minimum atomic E-state index is 0.0609. The molecule has 2 aromatic heterocycles. The summed E-state index contributed by atoms with van der Waals surface area (Å²) in [5.74, 6) is 0.964. The molecular weight excluding hydrogens is 384 g/mol. The van der Waals surface area contributed by atoms with Crippen LogP contribution in [0.5, 0.6) is 0 Å². The fourth-order valence-corrected chi connectivity index (χ4v) is 5.65. The molecule has 0 radical (unpaired) electrons. The number of hydrogen-bond donors (Lipinski definition) is 0. The maximum atomic E-state index is 13.4. The molecule has 0 bridgehead atoms. The number of thiophene rings is 1. The summed E-state index contributed by atoms with van der Waals surface area (Å²) < 4.78 is 1.77. The summed E-state index contributed by atoms with van der Waals surface area (Å²) in [7, 11) is 0. The van der Waals surface area contributed by atoms with Gasteiger partial charge in [-0.15, -0.1) is 17.9 Å². The van der Waals surface area contributed by atoms with Crippen molar-refractivity contribution in [1.29, 1.82) is 0 Å². The number of fused-ring (bicyclic) bond motifs is 3. The number of carbonyl (C=O) groups is 1. The lowest BCUT2D eigenvalue weighted by atomic mass is 9.97. The lowest BCUT2D eigenvalue weighted by Crippen LogP contribution is -2.50. The fourth-order valence-electron chi connectivity index (χ4n) is 4.40. The van der Waals surface area contributed by atoms with Crippen LogP contribution in [-0.4, -0.2) is 46.5 Å². The first-order chi connectivity index (χ1) is 14.1. The smallest absolute Gasteiger partial charge is 0.264 e. The highest BCUT2D eigenvalue weighted by molar-refractivity contribution is 7.18. The molecule has 2 aromatic rings. The summed E-state index contributed by atoms with van der Waals surface area (Å²) in [4.78, 5) is 37.0. The highest BCUT2D eigenvalue weighted by Crippen LogP contribution is 2.34. The minimum absolute atomic E-state index is 0.0609. The average Bonchev–Trinajstić information content (AvgIpc) is 3.12. The molecule has 0 spiro atoms. The molecule has 0 atom stereocenters. The van der Waals surface area contributed by atoms with E-state index in [1.54, 1.807) is 22.0 Å². The molecule has 1 aliphatic carbocycles. The van der Waals surface area contributed by atoms with E-state index in [2.05, 4.69) is 18.4 Å². The number of allylic oxidation sites excluding steroid dienone is 1. The Morgan fingerprint density at radius 3 is 2.69 bits per heavy atom. The van der Waals surface area contributed by atoms with Crippen molar-refractivity contribution in [3.05, 3.63) is 33.4 Å². The molecular formula is C22H30N4O2S. The van der Waals surface area contributed by atoms with E-state index in [1.807, 2.05) is 4.90 Å². The number of rotatable bonds is 6. The third-order valence-electron chi connectivity index (χ3n) is 6.03. The predicted octanol–water partition coefficient (Wildman–Crippen LogP) is 3.36. The molecule has 29 heavy (non-hydrogen) atoms. The molecule has 1 amide bonds. The predicted molar refractivity (Wildman–Crippen MR) is 119 cm³/mol. The summed E-state index contributed by atoms with van der Waals surface area (Å²) in [6.45, 7) is 9.19. The van der Waals surface area contributed by atoms with E-state index in [9.17, 15) is 9.59 Å². The average molecular weight is 415 g/mol. The van der Waals surface area contributed by atoms with Gasteiger partial charge in [-0.25, -0.2) is 4.98 Å². The van der Waals surface area contributed by atoms with Crippen LogP contribution in [0.4, 0.5) is 5.95 Å². The number of carbonyl (C=O) groups excluding carboxylic acids is 1. The van der Waals surface area contributed by atoms with Crippen LogP contribution in [0.2, 0.25) is 0 Å². The van der Waals surface area contributed by atoms with Crippen molar-refractivity contribution in [2.45, 2.75) is 58.4 Å². The Labute approximate surface area is 175 Å². The van der Waals surface area contributed by atoms with Gasteiger partial charge in [0.1, 0.15) is 4.83 Å². The third kappa shape index (κ3) is 3.84. The molecule has 0 N–H and O–H groups in total. The van der Waals surface area contributed by atoms with Crippen molar-refractivity contribution in [3.63, 3.8) is 0 Å². The van der Waals surface area contributed by atoms with Gasteiger partial charge in [-0.3, -0.25) is 14.2 Å². The van der Waals surface area contributed by atoms with Crippen LogP contribution in [0.25, 0.3) is 10.2 Å². The van der Waals surface area contributed by atoms with Crippen molar-refractivity contribution >= 4 is 33.4 Å². The van der Waals surface area contributed by atoms with E-state index in [-0.39, 0.29) is 11.5 Å². The second kappa shape index (κ2) is 8.69. The Bertz CT molecular complexity index is 969. The van der Waals surface area contributed by atoms with Crippen LogP contribution in [0.3, 0.4) is 0 Å². The zero-order chi connectivity index (χ0) is 20.4. The molecule has 1 aliphatic heterocycles. The van der Waals surface area contributed by atoms with Crippen LogP contribution in [0.15, 0.2) is 17.4 Å². The van der Waals surface area contributed by atoms with E-state index < -0.39 is 0 Å². The molecule has 1 saturated heterocycles. The van der Waals surface area contributed by atoms with Gasteiger partial charge in [-0.05, 0) is 37.7 Å². The summed E-state index contributed by atoms with van der Waals surface area (Å²) in [6.07, 6.45) is 8.76. The molecule has 7 heteroatoms. The lowest BCUT2D eigenvalue weighted by molar-refractivity contribution is -0.131. The van der Waals surface area contributed by atoms with Gasteiger partial charge in [-0.2, -0.15) is 0 Å². The van der Waals surface area contributed by atoms with Crippen molar-refractivity contribution in [2.75, 3.05) is 31.1 Å². The normalized spacial score (nSPS) is 16.9. The molecule has 0 aromatic carbocycles. The van der Waals surface area contributed by atoms with Gasteiger partial charge in [0.15, 0.2) is 0 Å². The van der Waals surface area contributed by atoms with Crippen molar-refractivity contribution in [2.24, 2.45) is 0 Å². The van der Waals surface area contributed by atoms with E-state index in [0.717, 1.165) is 48.3 Å². The van der Waals surface area contributed by atoms with Gasteiger partial charge in [0.2, 0.25) is 11.9 Å². The summed E-state index contributed by atoms with van der Waals surface area (Å²) in [6, 6.07) is 0. The van der Waals surface area contributed by atoms with E-state index in [1.165, 1.54) is 16.9 Å². The number of amides is 1. The summed E-state index contributed by atoms with van der Waals surface area (Å²) >= 11 is 1.69. The van der Waals surface area contributed by atoms with Gasteiger partial charge in [0, 0.05) is 44.0 Å². The number of piperazine rings is 1. The van der Waals surface area contributed by atoms with Crippen LogP contribution in [0, 0.1) is 0 Å². The Kier molecular flexibility index (Phi) is 6.04. The number of aromatic nitrogens is 2. The first-order valence-electron chi connectivity index (χ1n) is 10.8. The number of hydrogen-bond acceptors (Lipinski definition) is 5. The maximum absolute atomic E-state index is 13.4. The molecule has 2 aliphatic rings. The van der Waals surface area contributed by atoms with Gasteiger partial charge < -0.3 is 9.80 Å². The topological polar surface area (TPSA) is 58.4 Å². The quantitative estimate of drug-likeness (QED) is 0.680. The van der Waals surface area contributed by atoms with Gasteiger partial charge >= 0.3 is 0 Å². The molecule has 4 rings (SSSR count). The Morgan fingerprint density at radius 2 is 1.97 bits per heavy atom. The first kappa shape index (κ1) is 20.1. The Hall–Kier alpha value is -2.15. The van der Waals surface area contributed by atoms with Crippen LogP contribution < -0.4 is 10.5 Å². The zero-order valence-electron chi connectivity index (χ0n) is 17.3. The zero-order valence-corrected chi connectivity index (χ0v) is 18.1. The second-order valence-electron chi connectivity index (χ2n) is 7.98. The van der Waals surface area contributed by atoms with Crippen LogP contribution >= 0.6 is 11.3 Å². The fraction of sp³-hybridized carbons (Fsp3) is 0.591. The Balaban J connectivity index is 1.64. The molecule has 1 fully saturated rings. The second-order valence-corrected chi connectivity index (χ2v) is 9.06. The van der Waals surface area contributed by atoms with E-state index in [0.29, 0.717) is 39.1 Å². The molecule has 0 unspecified atom stereocenters. The molecule has 156 valence electrons. The SMILES string of the molecule is C=CCn1c(N2CCN(C(=O)CCCC)CC2)nc2sc3c(c2c1=O)CCCC3. The Morgan fingerprint density at radius 1 is 1.21 bits per heavy atom. The first-order valence-corrected chi connectivity index (χ1v) is 11.6. The lowest BCUT2D eigenvalue weighted by Gasteiger charge is -2.36. The number of nitrogens with zero attached hydrogens (tertiary/aromatic N) is 4. The monoisotopic (exact) mass is 414 g/mol. The highest BCUT2D eigenvalue weighted by atomic mass is 32.1. The van der Waals surface area contributed by atoms with E-state index >= 15 is 0 Å². The number of aryl methyl sites for hydroxylation is 2. The molecule has 6 nitrogen and oxygen atoms in total. The highest BCUT2D eigenvalue weighted by Gasteiger charge is 2.26. The van der Waals surface area contributed by atoms with Gasteiger partial charge in [-0.1, -0.05) is 19.4 Å². The maximum Gasteiger partial charge on any atom is 0.264 e. The van der Waals surface area contributed by atoms with Gasteiger partial charge in [0.25, 0.3) is 5.56 Å². The van der Waals surface area contributed by atoms with Crippen molar-refractivity contribution in [1.82, 2.24) is 14.5 Å². The number of anilines is 1. The minimum Gasteiger partial charge on any atom is -0.339 e. The third-order valence-corrected chi connectivity index (χ3v) is 7.21. The standard InChI is InChI=1S/C22H30N4O2S/c1-3-5-10-18(27)24-12-14-25(15-13-24)22-23-20-19(21(28)26(22)11-4-2)16-8-6-7-9-17(16)29-20/h4H,2-3,5-15H2,1H3. The molecule has 3 heterocycles. The van der Waals surface area contributed by atoms with Crippen molar-refractivity contribution < 1.29 is 4.79 Å². The number of unbranched alkanes of at least 4 members (excludes halogenated alkanes) is 1. The van der Waals surface area contributed by atoms with Crippen LogP contribution in [0.1, 0.15) is 49.5 Å². The summed E-state index contributed by atoms with van der Waals surface area (Å²) in [5, 5.41) is 0.823.